The van der Waals surface area contributed by atoms with E-state index >= 15 is 0 Å². The van der Waals surface area contributed by atoms with Crippen LogP contribution in [0.2, 0.25) is 0 Å². The van der Waals surface area contributed by atoms with Crippen molar-refractivity contribution < 1.29 is 4.79 Å². The Morgan fingerprint density at radius 2 is 1.93 bits per heavy atom. The van der Waals surface area contributed by atoms with E-state index in [1.165, 1.54) is 5.56 Å². The van der Waals surface area contributed by atoms with Crippen LogP contribution in [-0.2, 0) is 12.0 Å². The van der Waals surface area contributed by atoms with Crippen molar-refractivity contribution in [2.24, 2.45) is 5.41 Å². The summed E-state index contributed by atoms with van der Waals surface area (Å²) in [5.41, 5.74) is 4.56. The average Bonchev–Trinajstić information content (AvgIpc) is 3.03. The van der Waals surface area contributed by atoms with Gasteiger partial charge in [-0.25, -0.2) is 9.78 Å². The molecule has 0 aliphatic heterocycles. The molecule has 0 spiro atoms. The molecule has 146 valence electrons. The van der Waals surface area contributed by atoms with Crippen molar-refractivity contribution in [3.8, 4) is 0 Å². The van der Waals surface area contributed by atoms with Crippen molar-refractivity contribution in [3.63, 3.8) is 0 Å². The van der Waals surface area contributed by atoms with Crippen LogP contribution in [0.5, 0.6) is 0 Å². The number of nitrogens with zero attached hydrogens (tertiary/aromatic N) is 2. The van der Waals surface area contributed by atoms with E-state index in [0.29, 0.717) is 13.1 Å². The standard InChI is InChI=1S/C23H28N4O/c1-16-25-19-11-10-17(12-20(19)26-16)13-24-21(28)27(4)15-23(14-22(23,2)3)18-8-6-5-7-9-18/h5-12H,13-15H2,1-4H3,(H,24,28)(H,25,26). The van der Waals surface area contributed by atoms with Gasteiger partial charge in [0.1, 0.15) is 5.82 Å². The minimum atomic E-state index is -0.0427. The number of H-pyrrole nitrogens is 1. The predicted octanol–water partition coefficient (Wildman–Crippen LogP) is 4.38. The number of aryl methyl sites for hydroxylation is 1. The summed E-state index contributed by atoms with van der Waals surface area (Å²) in [4.78, 5) is 22.2. The van der Waals surface area contributed by atoms with E-state index in [1.54, 1.807) is 0 Å². The Morgan fingerprint density at radius 1 is 1.21 bits per heavy atom. The van der Waals surface area contributed by atoms with Crippen molar-refractivity contribution in [2.75, 3.05) is 13.6 Å². The van der Waals surface area contributed by atoms with Gasteiger partial charge in [-0.2, -0.15) is 0 Å². The molecule has 1 aliphatic rings. The maximum absolute atomic E-state index is 12.7. The summed E-state index contributed by atoms with van der Waals surface area (Å²) in [6.07, 6.45) is 1.09. The van der Waals surface area contributed by atoms with Crippen LogP contribution in [0.25, 0.3) is 11.0 Å². The number of benzene rings is 2. The number of hydrogen-bond acceptors (Lipinski definition) is 2. The third-order valence-electron chi connectivity index (χ3n) is 6.20. The van der Waals surface area contributed by atoms with Crippen LogP contribution in [-0.4, -0.2) is 34.5 Å². The van der Waals surface area contributed by atoms with Gasteiger partial charge in [-0.3, -0.25) is 0 Å². The van der Waals surface area contributed by atoms with E-state index in [4.69, 9.17) is 0 Å². The molecule has 3 aromatic rings. The Hall–Kier alpha value is -2.82. The molecule has 5 heteroatoms. The first-order valence-corrected chi connectivity index (χ1v) is 9.80. The summed E-state index contributed by atoms with van der Waals surface area (Å²) in [7, 11) is 1.88. The van der Waals surface area contributed by atoms with Crippen molar-refractivity contribution in [1.29, 1.82) is 0 Å². The number of likely N-dealkylation sites (N-methyl/N-ethyl adjacent to an activating group) is 1. The summed E-state index contributed by atoms with van der Waals surface area (Å²) in [5, 5.41) is 3.05. The lowest BCUT2D eigenvalue weighted by Crippen LogP contribution is -2.42. The Balaban J connectivity index is 1.41. The molecule has 2 amide bonds. The number of fused-ring (bicyclic) bond motifs is 1. The first kappa shape index (κ1) is 18.5. The molecule has 1 atom stereocenters. The zero-order valence-corrected chi connectivity index (χ0v) is 17.0. The van der Waals surface area contributed by atoms with Crippen LogP contribution in [0.1, 0.15) is 37.2 Å². The van der Waals surface area contributed by atoms with E-state index < -0.39 is 0 Å². The maximum Gasteiger partial charge on any atom is 0.317 e. The number of urea groups is 1. The number of hydrogen-bond donors (Lipinski definition) is 2. The molecule has 4 rings (SSSR count). The van der Waals surface area contributed by atoms with Crippen molar-refractivity contribution in [1.82, 2.24) is 20.2 Å². The fraction of sp³-hybridized carbons (Fsp3) is 0.391. The van der Waals surface area contributed by atoms with E-state index in [-0.39, 0.29) is 16.9 Å². The fourth-order valence-electron chi connectivity index (χ4n) is 4.41. The molecule has 0 bridgehead atoms. The molecule has 0 radical (unpaired) electrons. The SMILES string of the molecule is Cc1nc2ccc(CNC(=O)N(C)CC3(c4ccccc4)CC3(C)C)cc2[nH]1. The number of aromatic nitrogens is 2. The topological polar surface area (TPSA) is 61.0 Å². The van der Waals surface area contributed by atoms with Gasteiger partial charge in [-0.05, 0) is 42.0 Å². The minimum Gasteiger partial charge on any atom is -0.342 e. The molecule has 1 aliphatic carbocycles. The number of nitrogens with one attached hydrogen (secondary N) is 2. The zero-order valence-electron chi connectivity index (χ0n) is 17.0. The van der Waals surface area contributed by atoms with Gasteiger partial charge in [-0.15, -0.1) is 0 Å². The summed E-state index contributed by atoms with van der Waals surface area (Å²) in [6.45, 7) is 7.73. The highest BCUT2D eigenvalue weighted by molar-refractivity contribution is 5.77. The Bertz CT molecular complexity index is 1010. The Kier molecular flexibility index (Phi) is 4.41. The smallest absolute Gasteiger partial charge is 0.317 e. The van der Waals surface area contributed by atoms with Crippen molar-refractivity contribution in [2.45, 2.75) is 39.2 Å². The molecule has 2 N–H and O–H groups in total. The quantitative estimate of drug-likeness (QED) is 0.694. The number of aromatic amines is 1. The lowest BCUT2D eigenvalue weighted by Gasteiger charge is -2.28. The second kappa shape index (κ2) is 6.66. The number of amides is 2. The lowest BCUT2D eigenvalue weighted by molar-refractivity contribution is 0.200. The van der Waals surface area contributed by atoms with Gasteiger partial charge in [0.2, 0.25) is 0 Å². The summed E-state index contributed by atoms with van der Waals surface area (Å²) >= 11 is 0. The molecule has 1 heterocycles. The van der Waals surface area contributed by atoms with E-state index in [2.05, 4.69) is 53.4 Å². The normalized spacial score (nSPS) is 20.1. The van der Waals surface area contributed by atoms with Gasteiger partial charge in [0.05, 0.1) is 11.0 Å². The van der Waals surface area contributed by atoms with Crippen LogP contribution in [0.3, 0.4) is 0 Å². The van der Waals surface area contributed by atoms with Gasteiger partial charge >= 0.3 is 6.03 Å². The van der Waals surface area contributed by atoms with Gasteiger partial charge in [-0.1, -0.05) is 50.2 Å². The van der Waals surface area contributed by atoms with Gasteiger partial charge < -0.3 is 15.2 Å². The van der Waals surface area contributed by atoms with E-state index in [9.17, 15) is 4.79 Å². The minimum absolute atomic E-state index is 0.0344. The number of imidazole rings is 1. The number of carbonyl (C=O) groups is 1. The second-order valence-electron chi connectivity index (χ2n) is 8.70. The molecule has 5 nitrogen and oxygen atoms in total. The molecule has 28 heavy (non-hydrogen) atoms. The van der Waals surface area contributed by atoms with Crippen LogP contribution in [0.15, 0.2) is 48.5 Å². The first-order valence-electron chi connectivity index (χ1n) is 9.80. The Labute approximate surface area is 166 Å². The van der Waals surface area contributed by atoms with Crippen molar-refractivity contribution in [3.05, 3.63) is 65.5 Å². The monoisotopic (exact) mass is 376 g/mol. The first-order chi connectivity index (χ1) is 13.3. The third kappa shape index (κ3) is 3.26. The third-order valence-corrected chi connectivity index (χ3v) is 6.20. The van der Waals surface area contributed by atoms with Gasteiger partial charge in [0, 0.05) is 25.6 Å². The zero-order chi connectivity index (χ0) is 19.9. The van der Waals surface area contributed by atoms with Crippen LogP contribution in [0.4, 0.5) is 4.79 Å². The number of carbonyl (C=O) groups excluding carboxylic acids is 1. The molecule has 1 unspecified atom stereocenters. The summed E-state index contributed by atoms with van der Waals surface area (Å²) < 4.78 is 0. The highest BCUT2D eigenvalue weighted by Crippen LogP contribution is 2.64. The van der Waals surface area contributed by atoms with Gasteiger partial charge in [0.15, 0.2) is 0 Å². The molecular weight excluding hydrogens is 348 g/mol. The van der Waals surface area contributed by atoms with E-state index in [1.807, 2.05) is 43.1 Å². The fourth-order valence-corrected chi connectivity index (χ4v) is 4.41. The summed E-state index contributed by atoms with van der Waals surface area (Å²) in [5.74, 6) is 0.897. The maximum atomic E-state index is 12.7. The molecule has 1 saturated carbocycles. The molecule has 2 aromatic carbocycles. The molecule has 0 saturated heterocycles. The second-order valence-corrected chi connectivity index (χ2v) is 8.70. The largest absolute Gasteiger partial charge is 0.342 e. The average molecular weight is 377 g/mol. The van der Waals surface area contributed by atoms with Crippen LogP contribution < -0.4 is 5.32 Å². The van der Waals surface area contributed by atoms with Crippen LogP contribution >= 0.6 is 0 Å². The van der Waals surface area contributed by atoms with Crippen molar-refractivity contribution >= 4 is 17.1 Å². The van der Waals surface area contributed by atoms with Crippen LogP contribution in [0, 0.1) is 12.3 Å². The highest BCUT2D eigenvalue weighted by atomic mass is 16.2. The Morgan fingerprint density at radius 3 is 2.61 bits per heavy atom. The highest BCUT2D eigenvalue weighted by Gasteiger charge is 2.62. The molecule has 1 aromatic heterocycles. The van der Waals surface area contributed by atoms with Gasteiger partial charge in [0.25, 0.3) is 0 Å². The molecular formula is C23H28N4O. The predicted molar refractivity (Wildman–Crippen MR) is 112 cm³/mol. The molecule has 1 fully saturated rings. The summed E-state index contributed by atoms with van der Waals surface area (Å²) in [6, 6.07) is 16.6. The lowest BCUT2D eigenvalue weighted by atomic mass is 9.87. The van der Waals surface area contributed by atoms with E-state index in [0.717, 1.165) is 28.8 Å². The number of rotatable bonds is 5.